The van der Waals surface area contributed by atoms with Crippen molar-refractivity contribution < 1.29 is 27.5 Å². The molecule has 0 bridgehead atoms. The molecule has 0 aliphatic carbocycles. The molecule has 11 nitrogen and oxygen atoms in total. The van der Waals surface area contributed by atoms with Gasteiger partial charge in [0.1, 0.15) is 11.6 Å². The molecule has 35 heavy (non-hydrogen) atoms. The number of nitriles is 1. The molecule has 3 aliphatic rings. The fourth-order valence-corrected chi connectivity index (χ4v) is 6.03. The summed E-state index contributed by atoms with van der Waals surface area (Å²) in [6.07, 6.45) is 0. The van der Waals surface area contributed by atoms with Gasteiger partial charge in [-0.1, -0.05) is 18.2 Å². The number of hydrogen-bond donors (Lipinski definition) is 1. The maximum atomic E-state index is 13.3. The zero-order valence-corrected chi connectivity index (χ0v) is 19.7. The minimum atomic E-state index is -3.83. The van der Waals surface area contributed by atoms with Crippen molar-refractivity contribution >= 4 is 22.0 Å². The fourth-order valence-electron chi connectivity index (χ4n) is 4.46. The van der Waals surface area contributed by atoms with E-state index in [9.17, 15) is 23.3 Å². The first-order valence-corrected chi connectivity index (χ1v) is 12.4. The van der Waals surface area contributed by atoms with Crippen molar-refractivity contribution in [2.75, 3.05) is 39.6 Å². The van der Waals surface area contributed by atoms with Crippen molar-refractivity contribution in [2.24, 2.45) is 0 Å². The summed E-state index contributed by atoms with van der Waals surface area (Å²) in [5, 5.41) is 12.0. The number of urea groups is 1. The summed E-state index contributed by atoms with van der Waals surface area (Å²) in [4.78, 5) is 29.0. The van der Waals surface area contributed by atoms with Gasteiger partial charge in [0.15, 0.2) is 11.5 Å². The minimum absolute atomic E-state index is 0.0236. The van der Waals surface area contributed by atoms with Crippen LogP contribution in [0.5, 0.6) is 11.5 Å². The molecule has 0 radical (unpaired) electrons. The number of nitrogens with one attached hydrogen (secondary N) is 1. The molecule has 2 aromatic carbocycles. The Morgan fingerprint density at radius 3 is 2.51 bits per heavy atom. The van der Waals surface area contributed by atoms with Gasteiger partial charge in [-0.3, -0.25) is 9.69 Å². The molecular formula is C23H23N5O6S. The highest BCUT2D eigenvalue weighted by atomic mass is 32.2. The number of nitrogens with zero attached hydrogens (tertiary/aromatic N) is 4. The maximum Gasteiger partial charge on any atom is 0.326 e. The van der Waals surface area contributed by atoms with Crippen molar-refractivity contribution in [2.45, 2.75) is 17.4 Å². The van der Waals surface area contributed by atoms with Crippen LogP contribution in [0, 0.1) is 11.3 Å². The van der Waals surface area contributed by atoms with E-state index >= 15 is 0 Å². The minimum Gasteiger partial charge on any atom is -0.454 e. The van der Waals surface area contributed by atoms with Crippen molar-refractivity contribution in [1.29, 1.82) is 5.26 Å². The smallest absolute Gasteiger partial charge is 0.326 e. The molecule has 5 rings (SSSR count). The summed E-state index contributed by atoms with van der Waals surface area (Å²) in [6, 6.07) is 12.6. The predicted molar refractivity (Wildman–Crippen MR) is 122 cm³/mol. The average Bonchev–Trinajstić information content (AvgIpc) is 3.42. The van der Waals surface area contributed by atoms with Crippen LogP contribution in [0.1, 0.15) is 18.1 Å². The van der Waals surface area contributed by atoms with Crippen molar-refractivity contribution in [3.05, 3.63) is 53.6 Å². The number of ether oxygens (including phenoxy) is 2. The molecule has 0 saturated carbocycles. The third kappa shape index (κ3) is 3.87. The predicted octanol–water partition coefficient (Wildman–Crippen LogP) is 1.02. The molecule has 12 heteroatoms. The number of piperazine rings is 1. The van der Waals surface area contributed by atoms with Crippen LogP contribution in [0.4, 0.5) is 4.79 Å². The van der Waals surface area contributed by atoms with Crippen LogP contribution in [-0.4, -0.2) is 74.1 Å². The number of rotatable bonds is 5. The summed E-state index contributed by atoms with van der Waals surface area (Å²) >= 11 is 0. The summed E-state index contributed by atoms with van der Waals surface area (Å²) < 4.78 is 38.1. The molecule has 3 amide bonds. The molecule has 1 unspecified atom stereocenters. The van der Waals surface area contributed by atoms with E-state index in [2.05, 4.69) is 5.32 Å². The second-order valence-corrected chi connectivity index (χ2v) is 10.5. The quantitative estimate of drug-likeness (QED) is 0.606. The van der Waals surface area contributed by atoms with E-state index in [1.54, 1.807) is 37.3 Å². The lowest BCUT2D eigenvalue weighted by Gasteiger charge is -2.35. The van der Waals surface area contributed by atoms with Crippen molar-refractivity contribution in [3.8, 4) is 17.6 Å². The third-order valence-corrected chi connectivity index (χ3v) is 8.48. The Morgan fingerprint density at radius 1 is 1.06 bits per heavy atom. The van der Waals surface area contributed by atoms with Crippen LogP contribution >= 0.6 is 0 Å². The fraction of sp³-hybridized carbons (Fsp3) is 0.348. The first-order valence-electron chi connectivity index (χ1n) is 11.0. The van der Waals surface area contributed by atoms with Crippen LogP contribution in [0.15, 0.2) is 47.4 Å². The van der Waals surface area contributed by atoms with Gasteiger partial charge >= 0.3 is 6.03 Å². The zero-order valence-electron chi connectivity index (χ0n) is 18.9. The summed E-state index contributed by atoms with van der Waals surface area (Å²) in [5.74, 6) is 0.690. The number of sulfonamides is 1. The van der Waals surface area contributed by atoms with E-state index in [4.69, 9.17) is 9.47 Å². The molecule has 0 aromatic heterocycles. The number of hydrogen-bond acceptors (Lipinski definition) is 8. The molecule has 2 aromatic rings. The van der Waals surface area contributed by atoms with Gasteiger partial charge in [0, 0.05) is 26.2 Å². The molecule has 3 aliphatic heterocycles. The van der Waals surface area contributed by atoms with Crippen LogP contribution in [0.2, 0.25) is 0 Å². The normalized spacial score (nSPS) is 22.8. The van der Waals surface area contributed by atoms with Crippen LogP contribution in [0.3, 0.4) is 0 Å². The Kier molecular flexibility index (Phi) is 5.63. The Hall–Kier alpha value is -3.66. The highest BCUT2D eigenvalue weighted by molar-refractivity contribution is 7.89. The lowest BCUT2D eigenvalue weighted by Crippen LogP contribution is -2.52. The topological polar surface area (TPSA) is 132 Å². The first kappa shape index (κ1) is 23.1. The molecule has 2 saturated heterocycles. The third-order valence-electron chi connectivity index (χ3n) is 6.52. The standard InChI is InChI=1S/C23H23N5O6S/c1-23(17-6-7-18-19(12-17)34-15-33-18)21(29)28(22(30)25-23)14-26-8-10-27(11-9-26)35(31,32)20-5-3-2-4-16(20)13-24/h2-7,12H,8-11,14-15H2,1H3,(H,25,30). The number of carbonyl (C=O) groups excluding carboxylic acids is 2. The monoisotopic (exact) mass is 497 g/mol. The van der Waals surface area contributed by atoms with Gasteiger partial charge < -0.3 is 14.8 Å². The average molecular weight is 498 g/mol. The van der Waals surface area contributed by atoms with E-state index < -0.39 is 27.5 Å². The maximum absolute atomic E-state index is 13.3. The Morgan fingerprint density at radius 2 is 1.77 bits per heavy atom. The van der Waals surface area contributed by atoms with E-state index in [1.165, 1.54) is 16.4 Å². The van der Waals surface area contributed by atoms with Gasteiger partial charge in [-0.2, -0.15) is 9.57 Å². The van der Waals surface area contributed by atoms with Crippen LogP contribution in [-0.2, 0) is 20.4 Å². The molecule has 1 N–H and O–H groups in total. The van der Waals surface area contributed by atoms with Gasteiger partial charge in [0.25, 0.3) is 5.91 Å². The first-order chi connectivity index (χ1) is 16.7. The van der Waals surface area contributed by atoms with E-state index in [1.807, 2.05) is 11.0 Å². The molecule has 3 heterocycles. The Labute approximate surface area is 202 Å². The SMILES string of the molecule is CC1(c2ccc3c(c2)OCO3)NC(=O)N(CN2CCN(S(=O)(=O)c3ccccc3C#N)CC2)C1=O. The van der Waals surface area contributed by atoms with E-state index in [-0.39, 0.29) is 37.0 Å². The molecule has 0 spiro atoms. The highest BCUT2D eigenvalue weighted by Crippen LogP contribution is 2.38. The number of benzene rings is 2. The number of amides is 3. The lowest BCUT2D eigenvalue weighted by atomic mass is 9.92. The zero-order chi connectivity index (χ0) is 24.8. The summed E-state index contributed by atoms with van der Waals surface area (Å²) in [7, 11) is -3.83. The lowest BCUT2D eigenvalue weighted by molar-refractivity contribution is -0.132. The Bertz CT molecular complexity index is 1350. The molecule has 182 valence electrons. The van der Waals surface area contributed by atoms with Crippen molar-refractivity contribution in [1.82, 2.24) is 19.4 Å². The van der Waals surface area contributed by atoms with Gasteiger partial charge in [-0.05, 0) is 36.8 Å². The Balaban J connectivity index is 1.26. The van der Waals surface area contributed by atoms with Gasteiger partial charge in [0.2, 0.25) is 16.8 Å². The summed E-state index contributed by atoms with van der Waals surface area (Å²) in [5.41, 5.74) is -0.587. The number of carbonyl (C=O) groups is 2. The van der Waals surface area contributed by atoms with Crippen LogP contribution in [0.25, 0.3) is 0 Å². The highest BCUT2D eigenvalue weighted by Gasteiger charge is 2.50. The van der Waals surface area contributed by atoms with Gasteiger partial charge in [0.05, 0.1) is 17.1 Å². The van der Waals surface area contributed by atoms with Crippen molar-refractivity contribution in [3.63, 3.8) is 0 Å². The van der Waals surface area contributed by atoms with Gasteiger partial charge in [-0.15, -0.1) is 0 Å². The number of fused-ring (bicyclic) bond motifs is 1. The second kappa shape index (κ2) is 8.53. The van der Waals surface area contributed by atoms with E-state index in [0.717, 1.165) is 4.90 Å². The van der Waals surface area contributed by atoms with Crippen LogP contribution < -0.4 is 14.8 Å². The number of imide groups is 1. The second-order valence-electron chi connectivity index (χ2n) is 8.63. The summed E-state index contributed by atoms with van der Waals surface area (Å²) in [6.45, 7) is 2.77. The molecule has 2 fully saturated rings. The molecule has 1 atom stereocenters. The van der Waals surface area contributed by atoms with Gasteiger partial charge in [-0.25, -0.2) is 18.1 Å². The molecular weight excluding hydrogens is 474 g/mol. The van der Waals surface area contributed by atoms with E-state index in [0.29, 0.717) is 30.2 Å². The largest absolute Gasteiger partial charge is 0.454 e.